The Balaban J connectivity index is 1.81. The Morgan fingerprint density at radius 2 is 1.61 bits per heavy atom. The topological polar surface area (TPSA) is 0 Å². The zero-order chi connectivity index (χ0) is 12.7. The Labute approximate surface area is 113 Å². The molecule has 2 saturated carbocycles. The molecule has 0 aromatic rings. The van der Waals surface area contributed by atoms with Crippen molar-refractivity contribution >= 4 is 0 Å². The molecular formula is C18H30. The molecule has 0 bridgehead atoms. The molecule has 5 atom stereocenters. The van der Waals surface area contributed by atoms with E-state index in [1.807, 2.05) is 0 Å². The van der Waals surface area contributed by atoms with Crippen LogP contribution in [0.25, 0.3) is 0 Å². The Morgan fingerprint density at radius 1 is 0.944 bits per heavy atom. The van der Waals surface area contributed by atoms with Crippen LogP contribution in [0, 0.1) is 35.5 Å². The van der Waals surface area contributed by atoms with Crippen LogP contribution in [-0.4, -0.2) is 0 Å². The first-order valence-corrected chi connectivity index (χ1v) is 8.34. The van der Waals surface area contributed by atoms with Gasteiger partial charge in [0.25, 0.3) is 0 Å². The van der Waals surface area contributed by atoms with Crippen molar-refractivity contribution in [3.05, 3.63) is 11.6 Å². The summed E-state index contributed by atoms with van der Waals surface area (Å²) in [5, 5.41) is 0. The van der Waals surface area contributed by atoms with Gasteiger partial charge in [-0.1, -0.05) is 51.2 Å². The van der Waals surface area contributed by atoms with Crippen LogP contribution in [0.2, 0.25) is 0 Å². The lowest BCUT2D eigenvalue weighted by Crippen LogP contribution is -2.38. The summed E-state index contributed by atoms with van der Waals surface area (Å²) in [6.07, 6.45) is 13.1. The number of rotatable bonds is 1. The minimum atomic E-state index is 0.951. The molecule has 0 aromatic carbocycles. The van der Waals surface area contributed by atoms with E-state index in [0.29, 0.717) is 0 Å². The maximum atomic E-state index is 2.67. The van der Waals surface area contributed by atoms with Gasteiger partial charge < -0.3 is 0 Å². The van der Waals surface area contributed by atoms with Crippen LogP contribution in [0.3, 0.4) is 0 Å². The van der Waals surface area contributed by atoms with E-state index in [0.717, 1.165) is 35.5 Å². The van der Waals surface area contributed by atoms with Crippen molar-refractivity contribution in [1.29, 1.82) is 0 Å². The van der Waals surface area contributed by atoms with E-state index in [4.69, 9.17) is 0 Å². The molecule has 3 aliphatic rings. The van der Waals surface area contributed by atoms with Crippen LogP contribution in [0.15, 0.2) is 11.6 Å². The van der Waals surface area contributed by atoms with Gasteiger partial charge in [0.05, 0.1) is 0 Å². The summed E-state index contributed by atoms with van der Waals surface area (Å²) in [5.74, 6) is 5.97. The van der Waals surface area contributed by atoms with Gasteiger partial charge in [-0.05, 0) is 61.7 Å². The highest BCUT2D eigenvalue weighted by Crippen LogP contribution is 2.52. The second kappa shape index (κ2) is 5.02. The average molecular weight is 246 g/mol. The van der Waals surface area contributed by atoms with Gasteiger partial charge in [-0.25, -0.2) is 0 Å². The lowest BCUT2D eigenvalue weighted by Gasteiger charge is -2.46. The smallest absolute Gasteiger partial charge is 0.0168 e. The molecule has 18 heavy (non-hydrogen) atoms. The molecule has 0 amide bonds. The predicted octanol–water partition coefficient (Wildman–Crippen LogP) is 5.44. The van der Waals surface area contributed by atoms with E-state index in [-0.39, 0.29) is 0 Å². The maximum Gasteiger partial charge on any atom is -0.0168 e. The van der Waals surface area contributed by atoms with Gasteiger partial charge in [-0.2, -0.15) is 0 Å². The molecule has 102 valence electrons. The molecular weight excluding hydrogens is 216 g/mol. The van der Waals surface area contributed by atoms with E-state index < -0.39 is 0 Å². The average Bonchev–Trinajstić information content (AvgIpc) is 2.70. The SMILES string of the molecule is CC1=CC2C(CCCC2C2C(C)CCCC2C)C1. The van der Waals surface area contributed by atoms with Crippen molar-refractivity contribution in [1.82, 2.24) is 0 Å². The molecule has 3 rings (SSSR count). The molecule has 0 nitrogen and oxygen atoms in total. The number of allylic oxidation sites excluding steroid dienone is 2. The second-order valence-corrected chi connectivity index (χ2v) is 7.61. The highest BCUT2D eigenvalue weighted by atomic mass is 14.5. The Bertz CT molecular complexity index is 317. The quantitative estimate of drug-likeness (QED) is 0.540. The first kappa shape index (κ1) is 12.8. The van der Waals surface area contributed by atoms with Crippen molar-refractivity contribution in [2.45, 2.75) is 65.7 Å². The Kier molecular flexibility index (Phi) is 3.56. The maximum absolute atomic E-state index is 2.67. The molecule has 0 aromatic heterocycles. The van der Waals surface area contributed by atoms with E-state index in [1.54, 1.807) is 5.57 Å². The predicted molar refractivity (Wildman–Crippen MR) is 78.4 cm³/mol. The third-order valence-corrected chi connectivity index (χ3v) is 6.34. The summed E-state index contributed by atoms with van der Waals surface area (Å²) in [4.78, 5) is 0. The molecule has 2 fully saturated rings. The summed E-state index contributed by atoms with van der Waals surface area (Å²) >= 11 is 0. The highest BCUT2D eigenvalue weighted by Gasteiger charge is 2.43. The standard InChI is InChI=1S/C18H30/c1-12-10-15-8-5-9-16(17(15)11-12)18-13(2)6-4-7-14(18)3/h11,13-18H,4-10H2,1-3H3. The Hall–Kier alpha value is -0.260. The second-order valence-electron chi connectivity index (χ2n) is 7.61. The van der Waals surface area contributed by atoms with Crippen molar-refractivity contribution in [2.24, 2.45) is 35.5 Å². The van der Waals surface area contributed by atoms with Crippen LogP contribution < -0.4 is 0 Å². The third kappa shape index (κ3) is 2.17. The van der Waals surface area contributed by atoms with Crippen molar-refractivity contribution in [2.75, 3.05) is 0 Å². The fraction of sp³-hybridized carbons (Fsp3) is 0.889. The van der Waals surface area contributed by atoms with Crippen molar-refractivity contribution in [3.63, 3.8) is 0 Å². The van der Waals surface area contributed by atoms with Crippen molar-refractivity contribution in [3.8, 4) is 0 Å². The molecule has 0 spiro atoms. The summed E-state index contributed by atoms with van der Waals surface area (Å²) in [7, 11) is 0. The van der Waals surface area contributed by atoms with Gasteiger partial charge >= 0.3 is 0 Å². The summed E-state index contributed by atoms with van der Waals surface area (Å²) < 4.78 is 0. The largest absolute Gasteiger partial charge is 0.0819 e. The van der Waals surface area contributed by atoms with Crippen LogP contribution >= 0.6 is 0 Å². The summed E-state index contributed by atoms with van der Waals surface area (Å²) in [6.45, 7) is 7.44. The van der Waals surface area contributed by atoms with Crippen LogP contribution in [0.4, 0.5) is 0 Å². The third-order valence-electron chi connectivity index (χ3n) is 6.34. The molecule has 0 heterocycles. The zero-order valence-electron chi connectivity index (χ0n) is 12.5. The van der Waals surface area contributed by atoms with E-state index in [9.17, 15) is 0 Å². The van der Waals surface area contributed by atoms with Crippen LogP contribution in [0.5, 0.6) is 0 Å². The minimum absolute atomic E-state index is 0.951. The molecule has 0 aliphatic heterocycles. The number of hydrogen-bond donors (Lipinski definition) is 0. The molecule has 0 heteroatoms. The fourth-order valence-corrected chi connectivity index (χ4v) is 5.66. The lowest BCUT2D eigenvalue weighted by atomic mass is 9.59. The minimum Gasteiger partial charge on any atom is -0.0819 e. The summed E-state index contributed by atoms with van der Waals surface area (Å²) in [5.41, 5.74) is 1.69. The highest BCUT2D eigenvalue weighted by molar-refractivity contribution is 5.14. The monoisotopic (exact) mass is 246 g/mol. The van der Waals surface area contributed by atoms with Crippen molar-refractivity contribution < 1.29 is 0 Å². The molecule has 5 unspecified atom stereocenters. The fourth-order valence-electron chi connectivity index (χ4n) is 5.66. The Morgan fingerprint density at radius 3 is 2.33 bits per heavy atom. The first-order valence-electron chi connectivity index (χ1n) is 8.34. The number of hydrogen-bond acceptors (Lipinski definition) is 0. The van der Waals surface area contributed by atoms with E-state index in [2.05, 4.69) is 26.8 Å². The van der Waals surface area contributed by atoms with Gasteiger partial charge in [0.2, 0.25) is 0 Å². The van der Waals surface area contributed by atoms with Crippen LogP contribution in [-0.2, 0) is 0 Å². The van der Waals surface area contributed by atoms with Gasteiger partial charge in [0.15, 0.2) is 0 Å². The molecule has 0 radical (unpaired) electrons. The summed E-state index contributed by atoms with van der Waals surface area (Å²) in [6, 6.07) is 0. The van der Waals surface area contributed by atoms with Gasteiger partial charge in [-0.3, -0.25) is 0 Å². The number of fused-ring (bicyclic) bond motifs is 1. The zero-order valence-corrected chi connectivity index (χ0v) is 12.5. The lowest BCUT2D eigenvalue weighted by molar-refractivity contribution is 0.0454. The van der Waals surface area contributed by atoms with E-state index >= 15 is 0 Å². The van der Waals surface area contributed by atoms with Gasteiger partial charge in [0, 0.05) is 0 Å². The van der Waals surface area contributed by atoms with Gasteiger partial charge in [0.1, 0.15) is 0 Å². The molecule has 0 saturated heterocycles. The molecule has 0 N–H and O–H groups in total. The van der Waals surface area contributed by atoms with Gasteiger partial charge in [-0.15, -0.1) is 0 Å². The molecule has 3 aliphatic carbocycles. The first-order chi connectivity index (χ1) is 8.66. The van der Waals surface area contributed by atoms with Crippen LogP contribution in [0.1, 0.15) is 65.7 Å². The van der Waals surface area contributed by atoms with E-state index in [1.165, 1.54) is 44.9 Å². The normalized spacial score (nSPS) is 48.7.